The average molecular weight is 250 g/mol. The third-order valence-electron chi connectivity index (χ3n) is 2.98. The molecule has 1 aromatic rings. The van der Waals surface area contributed by atoms with Crippen LogP contribution in [-0.2, 0) is 11.3 Å². The smallest absolute Gasteiger partial charge is 0.0589 e. The van der Waals surface area contributed by atoms with Crippen LogP contribution in [0.1, 0.15) is 17.5 Å². The molecular weight excluding hydrogens is 224 g/mol. The molecule has 0 radical (unpaired) electrons. The van der Waals surface area contributed by atoms with Gasteiger partial charge >= 0.3 is 0 Å². The van der Waals surface area contributed by atoms with Crippen molar-refractivity contribution in [1.82, 2.24) is 10.2 Å². The first-order valence-corrected chi connectivity index (χ1v) is 6.66. The van der Waals surface area contributed by atoms with E-state index in [9.17, 15) is 0 Å². The van der Waals surface area contributed by atoms with E-state index in [1.807, 2.05) is 0 Å². The molecular formula is C15H26N2O. The highest BCUT2D eigenvalue weighted by molar-refractivity contribution is 5.21. The summed E-state index contributed by atoms with van der Waals surface area (Å²) in [5, 5.41) is 3.48. The second kappa shape index (κ2) is 9.09. The Morgan fingerprint density at radius 2 is 2.11 bits per heavy atom. The fraction of sp³-hybridized carbons (Fsp3) is 0.600. The van der Waals surface area contributed by atoms with Gasteiger partial charge in [0.25, 0.3) is 0 Å². The van der Waals surface area contributed by atoms with E-state index in [1.54, 1.807) is 7.11 Å². The summed E-state index contributed by atoms with van der Waals surface area (Å²) in [7, 11) is 3.89. The van der Waals surface area contributed by atoms with Crippen molar-refractivity contribution >= 4 is 0 Å². The van der Waals surface area contributed by atoms with Crippen molar-refractivity contribution in [2.75, 3.05) is 40.4 Å². The summed E-state index contributed by atoms with van der Waals surface area (Å²) < 4.78 is 5.05. The Hall–Kier alpha value is -0.900. The van der Waals surface area contributed by atoms with Crippen LogP contribution >= 0.6 is 0 Å². The molecule has 3 heteroatoms. The molecule has 0 aliphatic heterocycles. The number of methoxy groups -OCH3 is 1. The molecule has 0 atom stereocenters. The van der Waals surface area contributed by atoms with E-state index in [0.717, 1.165) is 32.8 Å². The van der Waals surface area contributed by atoms with Gasteiger partial charge in [-0.25, -0.2) is 0 Å². The van der Waals surface area contributed by atoms with Crippen LogP contribution in [0, 0.1) is 6.92 Å². The number of rotatable bonds is 9. The third kappa shape index (κ3) is 6.74. The van der Waals surface area contributed by atoms with Crippen LogP contribution in [0.25, 0.3) is 0 Å². The summed E-state index contributed by atoms with van der Waals surface area (Å²) in [4.78, 5) is 2.30. The van der Waals surface area contributed by atoms with Crippen LogP contribution in [0.3, 0.4) is 0 Å². The van der Waals surface area contributed by atoms with Crippen molar-refractivity contribution in [1.29, 1.82) is 0 Å². The van der Waals surface area contributed by atoms with Crippen molar-refractivity contribution in [3.05, 3.63) is 35.4 Å². The molecule has 1 rings (SSSR count). The fourth-order valence-electron chi connectivity index (χ4n) is 1.89. The van der Waals surface area contributed by atoms with E-state index in [1.165, 1.54) is 17.5 Å². The largest absolute Gasteiger partial charge is 0.383 e. The first-order chi connectivity index (χ1) is 8.72. The number of nitrogens with zero attached hydrogens (tertiary/aromatic N) is 1. The predicted octanol–water partition coefficient (Wildman–Crippen LogP) is 2.05. The number of hydrogen-bond acceptors (Lipinski definition) is 3. The zero-order valence-corrected chi connectivity index (χ0v) is 11.9. The molecule has 0 fully saturated rings. The van der Waals surface area contributed by atoms with Gasteiger partial charge in [0.05, 0.1) is 6.61 Å². The standard InChI is InChI=1S/C15H26N2O/c1-14-6-4-7-15(12-14)13-16-8-5-9-17(2)10-11-18-3/h4,6-7,12,16H,5,8-11,13H2,1-3H3. The second-order valence-electron chi connectivity index (χ2n) is 4.82. The monoisotopic (exact) mass is 250 g/mol. The highest BCUT2D eigenvalue weighted by Gasteiger charge is 1.97. The molecule has 0 heterocycles. The maximum Gasteiger partial charge on any atom is 0.0589 e. The van der Waals surface area contributed by atoms with E-state index in [2.05, 4.69) is 48.5 Å². The summed E-state index contributed by atoms with van der Waals surface area (Å²) >= 11 is 0. The maximum absolute atomic E-state index is 5.05. The second-order valence-corrected chi connectivity index (χ2v) is 4.82. The van der Waals surface area contributed by atoms with Crippen LogP contribution < -0.4 is 5.32 Å². The number of aryl methyl sites for hydroxylation is 1. The van der Waals surface area contributed by atoms with Crippen LogP contribution in [0.4, 0.5) is 0 Å². The van der Waals surface area contributed by atoms with E-state index >= 15 is 0 Å². The predicted molar refractivity (Wildman–Crippen MR) is 76.9 cm³/mol. The van der Waals surface area contributed by atoms with Crippen LogP contribution in [0.5, 0.6) is 0 Å². The molecule has 18 heavy (non-hydrogen) atoms. The number of nitrogens with one attached hydrogen (secondary N) is 1. The van der Waals surface area contributed by atoms with E-state index in [-0.39, 0.29) is 0 Å². The topological polar surface area (TPSA) is 24.5 Å². The van der Waals surface area contributed by atoms with Gasteiger partial charge in [-0.05, 0) is 39.0 Å². The Balaban J connectivity index is 2.05. The third-order valence-corrected chi connectivity index (χ3v) is 2.98. The quantitative estimate of drug-likeness (QED) is 0.679. The molecule has 0 bridgehead atoms. The van der Waals surface area contributed by atoms with E-state index in [0.29, 0.717) is 0 Å². The lowest BCUT2D eigenvalue weighted by Gasteiger charge is -2.15. The minimum absolute atomic E-state index is 0.813. The van der Waals surface area contributed by atoms with Gasteiger partial charge in [-0.15, -0.1) is 0 Å². The summed E-state index contributed by atoms with van der Waals surface area (Å²) in [5.74, 6) is 0. The molecule has 0 aromatic heterocycles. The highest BCUT2D eigenvalue weighted by Crippen LogP contribution is 2.03. The van der Waals surface area contributed by atoms with Crippen molar-refractivity contribution in [2.45, 2.75) is 19.9 Å². The molecule has 0 aliphatic carbocycles. The van der Waals surface area contributed by atoms with Crippen molar-refractivity contribution < 1.29 is 4.74 Å². The van der Waals surface area contributed by atoms with Gasteiger partial charge in [0.15, 0.2) is 0 Å². The van der Waals surface area contributed by atoms with Crippen molar-refractivity contribution in [2.24, 2.45) is 0 Å². The van der Waals surface area contributed by atoms with Gasteiger partial charge in [-0.2, -0.15) is 0 Å². The van der Waals surface area contributed by atoms with Gasteiger partial charge in [0.2, 0.25) is 0 Å². The SMILES string of the molecule is COCCN(C)CCCNCc1cccc(C)c1. The number of benzene rings is 1. The minimum Gasteiger partial charge on any atom is -0.383 e. The Bertz CT molecular complexity index is 328. The molecule has 1 aromatic carbocycles. The van der Waals surface area contributed by atoms with Gasteiger partial charge in [-0.3, -0.25) is 0 Å². The van der Waals surface area contributed by atoms with Crippen molar-refractivity contribution in [3.63, 3.8) is 0 Å². The first-order valence-electron chi connectivity index (χ1n) is 6.66. The molecule has 0 saturated carbocycles. The lowest BCUT2D eigenvalue weighted by Crippen LogP contribution is -2.26. The van der Waals surface area contributed by atoms with Gasteiger partial charge in [-0.1, -0.05) is 29.8 Å². The highest BCUT2D eigenvalue weighted by atomic mass is 16.5. The molecule has 0 unspecified atom stereocenters. The Morgan fingerprint density at radius 3 is 2.83 bits per heavy atom. The Labute approximate surface area is 111 Å². The fourth-order valence-corrected chi connectivity index (χ4v) is 1.89. The van der Waals surface area contributed by atoms with E-state index < -0.39 is 0 Å². The number of likely N-dealkylation sites (N-methyl/N-ethyl adjacent to an activating group) is 1. The summed E-state index contributed by atoms with van der Waals surface area (Å²) in [6.07, 6.45) is 1.17. The minimum atomic E-state index is 0.813. The molecule has 1 N–H and O–H groups in total. The van der Waals surface area contributed by atoms with Crippen molar-refractivity contribution in [3.8, 4) is 0 Å². The average Bonchev–Trinajstić information content (AvgIpc) is 2.36. The normalized spacial score (nSPS) is 11.1. The van der Waals surface area contributed by atoms with Crippen LogP contribution in [0.2, 0.25) is 0 Å². The molecule has 0 aliphatic rings. The summed E-state index contributed by atoms with van der Waals surface area (Å²) in [6, 6.07) is 8.65. The maximum atomic E-state index is 5.05. The Kier molecular flexibility index (Phi) is 7.65. The summed E-state index contributed by atoms with van der Waals surface area (Å²) in [5.41, 5.74) is 2.69. The van der Waals surface area contributed by atoms with Gasteiger partial charge < -0.3 is 15.0 Å². The lowest BCUT2D eigenvalue weighted by molar-refractivity contribution is 0.160. The van der Waals surface area contributed by atoms with Crippen LogP contribution in [0.15, 0.2) is 24.3 Å². The molecule has 3 nitrogen and oxygen atoms in total. The Morgan fingerprint density at radius 1 is 1.28 bits per heavy atom. The zero-order chi connectivity index (χ0) is 13.2. The van der Waals surface area contributed by atoms with Crippen LogP contribution in [-0.4, -0.2) is 45.3 Å². The molecule has 0 amide bonds. The summed E-state index contributed by atoms with van der Waals surface area (Å²) in [6.45, 7) is 7.09. The van der Waals surface area contributed by atoms with E-state index in [4.69, 9.17) is 4.74 Å². The molecule has 102 valence electrons. The number of ether oxygens (including phenoxy) is 1. The first kappa shape index (κ1) is 15.2. The molecule has 0 saturated heterocycles. The lowest BCUT2D eigenvalue weighted by atomic mass is 10.1. The molecule has 0 spiro atoms. The number of hydrogen-bond donors (Lipinski definition) is 1. The van der Waals surface area contributed by atoms with Gasteiger partial charge in [0.1, 0.15) is 0 Å². The van der Waals surface area contributed by atoms with Gasteiger partial charge in [0, 0.05) is 20.2 Å². The zero-order valence-electron chi connectivity index (χ0n) is 11.9.